The van der Waals surface area contributed by atoms with Crippen LogP contribution < -0.4 is 0 Å². The smallest absolute Gasteiger partial charge is 0.318 e. The van der Waals surface area contributed by atoms with Gasteiger partial charge in [0.25, 0.3) is 0 Å². The van der Waals surface area contributed by atoms with E-state index in [1.165, 1.54) is 6.92 Å². The van der Waals surface area contributed by atoms with Gasteiger partial charge in [-0.3, -0.25) is 14.9 Å². The lowest BCUT2D eigenvalue weighted by atomic mass is 10.2. The number of carboxylic acids is 1. The van der Waals surface area contributed by atoms with Gasteiger partial charge in [0.1, 0.15) is 5.82 Å². The zero-order valence-electron chi connectivity index (χ0n) is 9.22. The number of aliphatic carboxylic acids is 1. The van der Waals surface area contributed by atoms with Crippen molar-refractivity contribution in [2.24, 2.45) is 5.92 Å². The first-order chi connectivity index (χ1) is 8.32. The van der Waals surface area contributed by atoms with E-state index in [0.717, 1.165) is 17.8 Å². The van der Waals surface area contributed by atoms with Gasteiger partial charge in [-0.25, -0.2) is 4.39 Å². The van der Waals surface area contributed by atoms with Crippen LogP contribution in [0, 0.1) is 27.7 Å². The molecule has 8 heteroatoms. The monoisotopic (exact) mass is 277 g/mol. The van der Waals surface area contributed by atoms with Gasteiger partial charge in [-0.2, -0.15) is 4.39 Å². The quantitative estimate of drug-likeness (QED) is 0.508. The van der Waals surface area contributed by atoms with E-state index in [0.29, 0.717) is 6.07 Å². The normalized spacial score (nSPS) is 12.2. The molecule has 0 heterocycles. The predicted molar refractivity (Wildman–Crippen MR) is 60.5 cm³/mol. The van der Waals surface area contributed by atoms with Crippen molar-refractivity contribution in [3.05, 3.63) is 33.9 Å². The van der Waals surface area contributed by atoms with Gasteiger partial charge in [-0.1, -0.05) is 6.92 Å². The van der Waals surface area contributed by atoms with Gasteiger partial charge in [-0.05, 0) is 6.07 Å². The van der Waals surface area contributed by atoms with E-state index in [1.807, 2.05) is 0 Å². The maximum absolute atomic E-state index is 13.2. The molecule has 0 aliphatic rings. The molecule has 98 valence electrons. The van der Waals surface area contributed by atoms with E-state index < -0.39 is 34.1 Å². The Kier molecular flexibility index (Phi) is 4.60. The molecule has 0 bridgehead atoms. The third-order valence-corrected chi connectivity index (χ3v) is 3.38. The summed E-state index contributed by atoms with van der Waals surface area (Å²) in [5, 5.41) is 19.3. The van der Waals surface area contributed by atoms with Crippen molar-refractivity contribution in [3.63, 3.8) is 0 Å². The highest BCUT2D eigenvalue weighted by atomic mass is 32.2. The van der Waals surface area contributed by atoms with Crippen LogP contribution in [0.5, 0.6) is 0 Å². The van der Waals surface area contributed by atoms with Crippen molar-refractivity contribution in [2.75, 3.05) is 5.75 Å². The van der Waals surface area contributed by atoms with Crippen molar-refractivity contribution in [1.29, 1.82) is 0 Å². The highest BCUT2D eigenvalue weighted by molar-refractivity contribution is 7.99. The molecule has 1 atom stereocenters. The second-order valence-corrected chi connectivity index (χ2v) is 4.60. The first-order valence-corrected chi connectivity index (χ1v) is 5.80. The second-order valence-electron chi connectivity index (χ2n) is 3.54. The summed E-state index contributed by atoms with van der Waals surface area (Å²) in [5.41, 5.74) is -0.834. The number of nitro benzene ring substituents is 1. The van der Waals surface area contributed by atoms with Crippen LogP contribution in [0.4, 0.5) is 14.5 Å². The van der Waals surface area contributed by atoms with Crippen molar-refractivity contribution in [2.45, 2.75) is 11.8 Å². The number of nitrogens with zero attached hydrogens (tertiary/aromatic N) is 1. The summed E-state index contributed by atoms with van der Waals surface area (Å²) < 4.78 is 26.2. The number of carboxylic acid groups (broad SMARTS) is 1. The highest BCUT2D eigenvalue weighted by Gasteiger charge is 2.23. The molecule has 1 aromatic carbocycles. The molecule has 5 nitrogen and oxygen atoms in total. The van der Waals surface area contributed by atoms with Crippen LogP contribution in [0.25, 0.3) is 0 Å². The first kappa shape index (κ1) is 14.4. The van der Waals surface area contributed by atoms with Gasteiger partial charge >= 0.3 is 11.7 Å². The minimum atomic E-state index is -1.27. The third-order valence-electron chi connectivity index (χ3n) is 2.09. The molecule has 1 N–H and O–H groups in total. The first-order valence-electron chi connectivity index (χ1n) is 4.82. The topological polar surface area (TPSA) is 80.4 Å². The minimum Gasteiger partial charge on any atom is -0.481 e. The number of rotatable bonds is 5. The number of hydrogen-bond acceptors (Lipinski definition) is 4. The van der Waals surface area contributed by atoms with E-state index in [2.05, 4.69) is 0 Å². The highest BCUT2D eigenvalue weighted by Crippen LogP contribution is 2.33. The van der Waals surface area contributed by atoms with Crippen LogP contribution in [0.1, 0.15) is 6.92 Å². The van der Waals surface area contributed by atoms with E-state index in [-0.39, 0.29) is 10.6 Å². The SMILES string of the molecule is CC(CSc1cc(F)cc(F)c1[N+](=O)[O-])C(=O)O. The van der Waals surface area contributed by atoms with Crippen LogP contribution in [0.15, 0.2) is 17.0 Å². The van der Waals surface area contributed by atoms with Crippen LogP contribution in [0.3, 0.4) is 0 Å². The van der Waals surface area contributed by atoms with Crippen LogP contribution in [-0.4, -0.2) is 21.8 Å². The summed E-state index contributed by atoms with van der Waals surface area (Å²) in [7, 11) is 0. The molecule has 0 aliphatic carbocycles. The van der Waals surface area contributed by atoms with Gasteiger partial charge < -0.3 is 5.11 Å². The van der Waals surface area contributed by atoms with E-state index in [1.54, 1.807) is 0 Å². The standard InChI is InChI=1S/C10H9F2NO4S/c1-5(10(14)15)4-18-8-3-6(11)2-7(12)9(8)13(16)17/h2-3,5H,4H2,1H3,(H,14,15). The number of nitro groups is 1. The van der Waals surface area contributed by atoms with Crippen molar-refractivity contribution in [3.8, 4) is 0 Å². The molecule has 18 heavy (non-hydrogen) atoms. The van der Waals surface area contributed by atoms with Crippen LogP contribution in [-0.2, 0) is 4.79 Å². The summed E-state index contributed by atoms with van der Waals surface area (Å²) in [6.45, 7) is 1.40. The van der Waals surface area contributed by atoms with Gasteiger partial charge in [0.15, 0.2) is 0 Å². The second kappa shape index (κ2) is 5.76. The van der Waals surface area contributed by atoms with Crippen molar-refractivity contribution in [1.82, 2.24) is 0 Å². The molecule has 0 spiro atoms. The Balaban J connectivity index is 3.00. The fourth-order valence-electron chi connectivity index (χ4n) is 1.12. The molecule has 0 radical (unpaired) electrons. The molecule has 0 aromatic heterocycles. The Morgan fingerprint density at radius 3 is 2.67 bits per heavy atom. The number of thioether (sulfide) groups is 1. The number of carbonyl (C=O) groups is 1. The molecule has 0 fully saturated rings. The van der Waals surface area contributed by atoms with Gasteiger partial charge in [0.2, 0.25) is 5.82 Å². The number of halogens is 2. The fourth-order valence-corrected chi connectivity index (χ4v) is 2.19. The van der Waals surface area contributed by atoms with Crippen molar-refractivity contribution < 1.29 is 23.6 Å². The average molecular weight is 277 g/mol. The zero-order chi connectivity index (χ0) is 13.9. The average Bonchev–Trinajstić information content (AvgIpc) is 2.23. The molecular weight excluding hydrogens is 268 g/mol. The van der Waals surface area contributed by atoms with Crippen LogP contribution in [0.2, 0.25) is 0 Å². The summed E-state index contributed by atoms with van der Waals surface area (Å²) in [4.78, 5) is 20.1. The molecular formula is C10H9F2NO4S. The maximum Gasteiger partial charge on any atom is 0.318 e. The van der Waals surface area contributed by atoms with Gasteiger partial charge in [-0.15, -0.1) is 11.8 Å². The number of benzene rings is 1. The minimum absolute atomic E-state index is 0.0148. The Morgan fingerprint density at radius 1 is 1.56 bits per heavy atom. The Morgan fingerprint density at radius 2 is 2.17 bits per heavy atom. The van der Waals surface area contributed by atoms with Gasteiger partial charge in [0, 0.05) is 11.8 Å². The lowest BCUT2D eigenvalue weighted by Crippen LogP contribution is -2.12. The Hall–Kier alpha value is -1.70. The Bertz CT molecular complexity index is 495. The zero-order valence-corrected chi connectivity index (χ0v) is 10.0. The number of hydrogen-bond donors (Lipinski definition) is 1. The summed E-state index contributed by atoms with van der Waals surface area (Å²) in [5.74, 6) is -4.09. The fraction of sp³-hybridized carbons (Fsp3) is 0.300. The largest absolute Gasteiger partial charge is 0.481 e. The predicted octanol–water partition coefficient (Wildman–Crippen LogP) is 2.69. The molecule has 0 amide bonds. The van der Waals surface area contributed by atoms with E-state index >= 15 is 0 Å². The van der Waals surface area contributed by atoms with Crippen molar-refractivity contribution >= 4 is 23.4 Å². The van der Waals surface area contributed by atoms with Crippen LogP contribution >= 0.6 is 11.8 Å². The third kappa shape index (κ3) is 3.39. The Labute approximate surface area is 105 Å². The summed E-state index contributed by atoms with van der Waals surface area (Å²) >= 11 is 0.738. The maximum atomic E-state index is 13.2. The lowest BCUT2D eigenvalue weighted by Gasteiger charge is -2.07. The molecule has 1 aromatic rings. The molecule has 0 aliphatic heterocycles. The van der Waals surface area contributed by atoms with E-state index in [9.17, 15) is 23.7 Å². The molecule has 0 saturated carbocycles. The molecule has 1 unspecified atom stereocenters. The summed E-state index contributed by atoms with van der Waals surface area (Å²) in [6.07, 6.45) is 0. The van der Waals surface area contributed by atoms with Gasteiger partial charge in [0.05, 0.1) is 15.7 Å². The van der Waals surface area contributed by atoms with E-state index in [4.69, 9.17) is 5.11 Å². The summed E-state index contributed by atoms with van der Waals surface area (Å²) in [6, 6.07) is 1.24. The molecule has 0 saturated heterocycles. The lowest BCUT2D eigenvalue weighted by molar-refractivity contribution is -0.390. The molecule has 1 rings (SSSR count).